The van der Waals surface area contributed by atoms with E-state index in [-0.39, 0.29) is 25.0 Å². The molecule has 0 bridgehead atoms. The van der Waals surface area contributed by atoms with Crippen molar-refractivity contribution in [3.63, 3.8) is 0 Å². The molecule has 0 aromatic heterocycles. The Morgan fingerprint density at radius 2 is 1.82 bits per heavy atom. The Morgan fingerprint density at radius 1 is 1.23 bits per heavy atom. The number of nitrogens with one attached hydrogen (secondary N) is 1. The van der Waals surface area contributed by atoms with Crippen LogP contribution in [0, 0.1) is 5.92 Å². The molecule has 0 aliphatic rings. The van der Waals surface area contributed by atoms with E-state index < -0.39 is 16.2 Å². The van der Waals surface area contributed by atoms with Gasteiger partial charge in [-0.25, -0.2) is 4.79 Å². The van der Waals surface area contributed by atoms with Gasteiger partial charge in [-0.3, -0.25) is 4.79 Å². The third kappa shape index (κ3) is 4.89. The molecule has 0 saturated heterocycles. The Kier molecular flexibility index (Phi) is 7.17. The zero-order chi connectivity index (χ0) is 16.8. The number of Topliss-reactive ketones (excluding diaryl/α,β-unsaturated/α-hetero) is 1. The van der Waals surface area contributed by atoms with E-state index in [1.54, 1.807) is 6.92 Å². The second-order valence-electron chi connectivity index (χ2n) is 5.25. The van der Waals surface area contributed by atoms with Crippen LogP contribution >= 0.6 is 23.2 Å². The molecule has 1 aromatic rings. The lowest BCUT2D eigenvalue weighted by Crippen LogP contribution is -2.43. The first-order valence-electron chi connectivity index (χ1n) is 7.17. The Bertz CT molecular complexity index is 503. The van der Waals surface area contributed by atoms with Crippen LogP contribution in [-0.4, -0.2) is 29.4 Å². The number of carbonyl (C=O) groups excluding carboxylic acids is 2. The van der Waals surface area contributed by atoms with Crippen molar-refractivity contribution in [3.05, 3.63) is 35.9 Å². The summed E-state index contributed by atoms with van der Waals surface area (Å²) in [5, 5.41) is 2.36. The lowest BCUT2D eigenvalue weighted by molar-refractivity contribution is -0.119. The van der Waals surface area contributed by atoms with Crippen LogP contribution in [0.5, 0.6) is 0 Å². The quantitative estimate of drug-likeness (QED) is 0.762. The van der Waals surface area contributed by atoms with Gasteiger partial charge >= 0.3 is 6.09 Å². The molecule has 1 N–H and O–H groups in total. The minimum atomic E-state index is -1.63. The first kappa shape index (κ1) is 18.8. The molecular weight excluding hydrogens is 325 g/mol. The molecule has 1 amide bonds. The second-order valence-corrected chi connectivity index (χ2v) is 6.64. The van der Waals surface area contributed by atoms with Gasteiger partial charge in [0, 0.05) is 5.92 Å². The highest BCUT2D eigenvalue weighted by Crippen LogP contribution is 2.43. The monoisotopic (exact) mass is 345 g/mol. The summed E-state index contributed by atoms with van der Waals surface area (Å²) >= 11 is 12.7. The number of ether oxygens (including phenoxy) is 1. The van der Waals surface area contributed by atoms with E-state index in [0.29, 0.717) is 0 Å². The normalized spacial score (nSPS) is 12.8. The standard InChI is InChI=1S/C16H21Cl2NO3/c1-4-22-15(21)19-10-13(20)16(17,18)14(11(2)3)12-8-6-5-7-9-12/h5-9,11,14H,4,10H2,1-3H3,(H,19,21)/t14-/m0/s1. The Labute approximate surface area is 141 Å². The van der Waals surface area contributed by atoms with Crippen LogP contribution in [0.1, 0.15) is 32.3 Å². The van der Waals surface area contributed by atoms with Crippen molar-refractivity contribution in [2.24, 2.45) is 5.92 Å². The molecule has 4 nitrogen and oxygen atoms in total. The maximum absolute atomic E-state index is 12.4. The number of rotatable bonds is 7. The first-order chi connectivity index (χ1) is 10.3. The van der Waals surface area contributed by atoms with Crippen LogP contribution in [0.15, 0.2) is 30.3 Å². The molecule has 0 aliphatic carbocycles. The molecule has 1 aromatic carbocycles. The highest BCUT2D eigenvalue weighted by atomic mass is 35.5. The number of alkyl carbamates (subject to hydrolysis) is 1. The van der Waals surface area contributed by atoms with Crippen molar-refractivity contribution in [1.29, 1.82) is 0 Å². The lowest BCUT2D eigenvalue weighted by atomic mass is 9.83. The fourth-order valence-corrected chi connectivity index (χ4v) is 3.19. The predicted molar refractivity (Wildman–Crippen MR) is 88.5 cm³/mol. The number of carbonyl (C=O) groups is 2. The minimum Gasteiger partial charge on any atom is -0.450 e. The number of hydrogen-bond donors (Lipinski definition) is 1. The van der Waals surface area contributed by atoms with E-state index in [0.717, 1.165) is 5.56 Å². The topological polar surface area (TPSA) is 55.4 Å². The molecule has 0 saturated carbocycles. The van der Waals surface area contributed by atoms with Crippen LogP contribution in [0.25, 0.3) is 0 Å². The highest BCUT2D eigenvalue weighted by molar-refractivity contribution is 6.59. The molecule has 122 valence electrons. The summed E-state index contributed by atoms with van der Waals surface area (Å²) in [6.45, 7) is 5.53. The predicted octanol–water partition coefficient (Wildman–Crippen LogP) is 3.92. The van der Waals surface area contributed by atoms with Gasteiger partial charge in [0.1, 0.15) is 0 Å². The van der Waals surface area contributed by atoms with Crippen molar-refractivity contribution < 1.29 is 14.3 Å². The SMILES string of the molecule is CCOC(=O)NCC(=O)C(Cl)(Cl)[C@H](c1ccccc1)C(C)C. The molecule has 6 heteroatoms. The summed E-state index contributed by atoms with van der Waals surface area (Å²) in [4.78, 5) is 23.6. The second kappa shape index (κ2) is 8.39. The summed E-state index contributed by atoms with van der Waals surface area (Å²) in [6, 6.07) is 9.40. The van der Waals surface area contributed by atoms with Crippen molar-refractivity contribution in [3.8, 4) is 0 Å². The summed E-state index contributed by atoms with van der Waals surface area (Å²) in [6.07, 6.45) is -0.666. The number of halogens is 2. The van der Waals surface area contributed by atoms with E-state index in [2.05, 4.69) is 5.32 Å². The average molecular weight is 346 g/mol. The van der Waals surface area contributed by atoms with Crippen molar-refractivity contribution in [2.75, 3.05) is 13.2 Å². The van der Waals surface area contributed by atoms with E-state index in [1.807, 2.05) is 44.2 Å². The van der Waals surface area contributed by atoms with E-state index in [9.17, 15) is 9.59 Å². The molecule has 0 heterocycles. The molecule has 0 unspecified atom stereocenters. The summed E-state index contributed by atoms with van der Waals surface area (Å²) in [7, 11) is 0. The van der Waals surface area contributed by atoms with Gasteiger partial charge in [0.2, 0.25) is 0 Å². The zero-order valence-electron chi connectivity index (χ0n) is 12.9. The Morgan fingerprint density at radius 3 is 2.32 bits per heavy atom. The Hall–Kier alpha value is -1.26. The van der Waals surface area contributed by atoms with Crippen molar-refractivity contribution in [1.82, 2.24) is 5.32 Å². The van der Waals surface area contributed by atoms with Gasteiger partial charge in [0.25, 0.3) is 0 Å². The molecule has 1 atom stereocenters. The number of amides is 1. The van der Waals surface area contributed by atoms with Gasteiger partial charge in [0.05, 0.1) is 13.2 Å². The Balaban J connectivity index is 2.88. The van der Waals surface area contributed by atoms with E-state index >= 15 is 0 Å². The summed E-state index contributed by atoms with van der Waals surface area (Å²) < 4.78 is 3.08. The highest BCUT2D eigenvalue weighted by Gasteiger charge is 2.44. The molecule has 22 heavy (non-hydrogen) atoms. The van der Waals surface area contributed by atoms with Crippen LogP contribution in [-0.2, 0) is 9.53 Å². The fraction of sp³-hybridized carbons (Fsp3) is 0.500. The van der Waals surface area contributed by atoms with E-state index in [1.165, 1.54) is 0 Å². The van der Waals surface area contributed by atoms with Gasteiger partial charge in [-0.1, -0.05) is 67.4 Å². The van der Waals surface area contributed by atoms with Gasteiger partial charge < -0.3 is 10.1 Å². The zero-order valence-corrected chi connectivity index (χ0v) is 14.4. The molecule has 0 aliphatic heterocycles. The summed E-state index contributed by atoms with van der Waals surface area (Å²) in [5.41, 5.74) is 0.881. The number of hydrogen-bond acceptors (Lipinski definition) is 3. The average Bonchev–Trinajstić information content (AvgIpc) is 2.45. The van der Waals surface area contributed by atoms with Crippen molar-refractivity contribution in [2.45, 2.75) is 31.0 Å². The van der Waals surface area contributed by atoms with Crippen LogP contribution in [0.3, 0.4) is 0 Å². The third-order valence-corrected chi connectivity index (χ3v) is 4.15. The van der Waals surface area contributed by atoms with Gasteiger partial charge in [-0.05, 0) is 18.4 Å². The van der Waals surface area contributed by atoms with Crippen LogP contribution in [0.2, 0.25) is 0 Å². The molecular formula is C16H21Cl2NO3. The van der Waals surface area contributed by atoms with Gasteiger partial charge in [0.15, 0.2) is 10.1 Å². The minimum absolute atomic E-state index is 0.0453. The van der Waals surface area contributed by atoms with Crippen LogP contribution < -0.4 is 5.32 Å². The lowest BCUT2D eigenvalue weighted by Gasteiger charge is -2.32. The number of alkyl halides is 2. The maximum atomic E-state index is 12.4. The van der Waals surface area contributed by atoms with Gasteiger partial charge in [-0.2, -0.15) is 0 Å². The maximum Gasteiger partial charge on any atom is 0.407 e. The van der Waals surface area contributed by atoms with Crippen LogP contribution in [0.4, 0.5) is 4.79 Å². The molecule has 0 radical (unpaired) electrons. The largest absolute Gasteiger partial charge is 0.450 e. The number of ketones is 1. The molecule has 1 rings (SSSR count). The van der Waals surface area contributed by atoms with E-state index in [4.69, 9.17) is 27.9 Å². The molecule has 0 fully saturated rings. The van der Waals surface area contributed by atoms with Gasteiger partial charge in [-0.15, -0.1) is 0 Å². The molecule has 0 spiro atoms. The first-order valence-corrected chi connectivity index (χ1v) is 7.93. The number of benzene rings is 1. The smallest absolute Gasteiger partial charge is 0.407 e. The van der Waals surface area contributed by atoms with Crippen molar-refractivity contribution >= 4 is 35.1 Å². The summed E-state index contributed by atoms with van der Waals surface area (Å²) in [5.74, 6) is -0.802. The fourth-order valence-electron chi connectivity index (χ4n) is 2.30. The third-order valence-electron chi connectivity index (χ3n) is 3.26.